The summed E-state index contributed by atoms with van der Waals surface area (Å²) < 4.78 is 0. The molecule has 0 saturated carbocycles. The Hall–Kier alpha value is -2.17. The fourth-order valence-corrected chi connectivity index (χ4v) is 2.87. The molecule has 116 valence electrons. The second-order valence-corrected chi connectivity index (χ2v) is 6.87. The molecule has 2 heterocycles. The van der Waals surface area contributed by atoms with E-state index in [0.29, 0.717) is 13.0 Å². The number of anilines is 1. The smallest absolute Gasteiger partial charge is 0.225 e. The van der Waals surface area contributed by atoms with E-state index < -0.39 is 0 Å². The number of aryl methyl sites for hydroxylation is 1. The van der Waals surface area contributed by atoms with Gasteiger partial charge in [0.15, 0.2) is 0 Å². The monoisotopic (exact) mass is 298 g/mol. The number of fused-ring (bicyclic) bond motifs is 1. The van der Waals surface area contributed by atoms with Gasteiger partial charge in [-0.05, 0) is 39.8 Å². The fourth-order valence-electron chi connectivity index (χ4n) is 2.87. The Morgan fingerprint density at radius 3 is 2.41 bits per heavy atom. The van der Waals surface area contributed by atoms with Crippen molar-refractivity contribution in [3.63, 3.8) is 0 Å². The van der Waals surface area contributed by atoms with Crippen molar-refractivity contribution in [2.24, 2.45) is 0 Å². The minimum atomic E-state index is -0.141. The number of aromatic nitrogens is 2. The number of rotatable bonds is 2. The molecule has 1 aromatic heterocycles. The highest BCUT2D eigenvalue weighted by molar-refractivity contribution is 5.81. The molecule has 1 N–H and O–H groups in total. The zero-order valence-electron chi connectivity index (χ0n) is 13.6. The molecule has 1 aliphatic heterocycles. The molecule has 1 aromatic carbocycles. The van der Waals surface area contributed by atoms with Crippen molar-refractivity contribution >= 4 is 22.8 Å². The third-order valence-electron chi connectivity index (χ3n) is 4.02. The van der Waals surface area contributed by atoms with Gasteiger partial charge in [0, 0.05) is 18.5 Å². The van der Waals surface area contributed by atoms with Gasteiger partial charge in [-0.1, -0.05) is 12.1 Å². The van der Waals surface area contributed by atoms with Crippen LogP contribution >= 0.6 is 0 Å². The van der Waals surface area contributed by atoms with Gasteiger partial charge in [0.05, 0.1) is 22.8 Å². The number of carbonyl (C=O) groups excluding carboxylic acids is 1. The normalized spacial score (nSPS) is 19.0. The van der Waals surface area contributed by atoms with Gasteiger partial charge in [-0.3, -0.25) is 4.79 Å². The van der Waals surface area contributed by atoms with Gasteiger partial charge in [-0.2, -0.15) is 0 Å². The van der Waals surface area contributed by atoms with Gasteiger partial charge in [0.1, 0.15) is 5.82 Å². The van der Waals surface area contributed by atoms with Crippen LogP contribution in [0.25, 0.3) is 11.0 Å². The lowest BCUT2D eigenvalue weighted by atomic mass is 10.1. The molecule has 0 bridgehead atoms. The zero-order valence-corrected chi connectivity index (χ0v) is 13.6. The molecule has 1 amide bonds. The first-order chi connectivity index (χ1) is 10.3. The molecule has 5 heteroatoms. The summed E-state index contributed by atoms with van der Waals surface area (Å²) in [5.41, 5.74) is 2.48. The molecule has 5 nitrogen and oxygen atoms in total. The molecule has 3 rings (SSSR count). The zero-order chi connectivity index (χ0) is 15.9. The largest absolute Gasteiger partial charge is 0.364 e. The van der Waals surface area contributed by atoms with Gasteiger partial charge in [-0.15, -0.1) is 0 Å². The number of nitrogens with zero attached hydrogens (tertiary/aromatic N) is 3. The standard InChI is InChI=1S/C17H22N4O/c1-11-16(20-14-8-6-5-7-13(14)18-11)19-12-9-15(22)21(10-12)17(2,3)4/h5-8,12H,9-10H2,1-4H3,(H,19,20). The topological polar surface area (TPSA) is 58.1 Å². The highest BCUT2D eigenvalue weighted by Gasteiger charge is 2.36. The van der Waals surface area contributed by atoms with Gasteiger partial charge in [0.25, 0.3) is 0 Å². The summed E-state index contributed by atoms with van der Waals surface area (Å²) in [6.07, 6.45) is 0.505. The Morgan fingerprint density at radius 2 is 1.82 bits per heavy atom. The minimum Gasteiger partial charge on any atom is -0.364 e. The van der Waals surface area contributed by atoms with Crippen molar-refractivity contribution in [1.29, 1.82) is 0 Å². The molecule has 0 radical (unpaired) electrons. The molecule has 1 saturated heterocycles. The van der Waals surface area contributed by atoms with Crippen LogP contribution in [0, 0.1) is 6.92 Å². The van der Waals surface area contributed by atoms with E-state index in [-0.39, 0.29) is 17.5 Å². The summed E-state index contributed by atoms with van der Waals surface area (Å²) >= 11 is 0. The first-order valence-electron chi connectivity index (χ1n) is 7.65. The number of hydrogen-bond acceptors (Lipinski definition) is 4. The average Bonchev–Trinajstić information content (AvgIpc) is 2.80. The summed E-state index contributed by atoms with van der Waals surface area (Å²) in [7, 11) is 0. The van der Waals surface area contributed by atoms with E-state index in [4.69, 9.17) is 0 Å². The van der Waals surface area contributed by atoms with E-state index in [0.717, 1.165) is 22.5 Å². The molecule has 2 aromatic rings. The molecule has 1 unspecified atom stereocenters. The lowest BCUT2D eigenvalue weighted by Crippen LogP contribution is -2.43. The van der Waals surface area contributed by atoms with Gasteiger partial charge in [-0.25, -0.2) is 9.97 Å². The van der Waals surface area contributed by atoms with Gasteiger partial charge in [0.2, 0.25) is 5.91 Å². The van der Waals surface area contributed by atoms with Crippen molar-refractivity contribution in [2.75, 3.05) is 11.9 Å². The van der Waals surface area contributed by atoms with Crippen molar-refractivity contribution in [2.45, 2.75) is 45.7 Å². The predicted octanol–water partition coefficient (Wildman–Crippen LogP) is 2.75. The summed E-state index contributed by atoms with van der Waals surface area (Å²) in [6, 6.07) is 7.91. The summed E-state index contributed by atoms with van der Waals surface area (Å²) in [4.78, 5) is 23.3. The third kappa shape index (κ3) is 2.75. The van der Waals surface area contributed by atoms with E-state index in [1.165, 1.54) is 0 Å². The van der Waals surface area contributed by atoms with E-state index in [1.807, 2.05) is 36.1 Å². The number of amides is 1. The van der Waals surface area contributed by atoms with Crippen LogP contribution in [0.3, 0.4) is 0 Å². The average molecular weight is 298 g/mol. The summed E-state index contributed by atoms with van der Waals surface area (Å²) in [5.74, 6) is 0.962. The van der Waals surface area contributed by atoms with Crippen molar-refractivity contribution in [3.05, 3.63) is 30.0 Å². The van der Waals surface area contributed by atoms with Crippen LogP contribution in [-0.4, -0.2) is 38.9 Å². The fraction of sp³-hybridized carbons (Fsp3) is 0.471. The van der Waals surface area contributed by atoms with Crippen LogP contribution in [-0.2, 0) is 4.79 Å². The molecular weight excluding hydrogens is 276 g/mol. The van der Waals surface area contributed by atoms with Crippen LogP contribution < -0.4 is 5.32 Å². The number of likely N-dealkylation sites (tertiary alicyclic amines) is 1. The Labute approximate surface area is 130 Å². The maximum atomic E-state index is 12.2. The van der Waals surface area contributed by atoms with E-state index in [9.17, 15) is 4.79 Å². The van der Waals surface area contributed by atoms with Gasteiger partial charge < -0.3 is 10.2 Å². The second kappa shape index (κ2) is 5.23. The number of carbonyl (C=O) groups is 1. The van der Waals surface area contributed by atoms with Crippen LogP contribution in [0.4, 0.5) is 5.82 Å². The number of para-hydroxylation sites is 2. The maximum absolute atomic E-state index is 12.2. The van der Waals surface area contributed by atoms with Crippen molar-refractivity contribution < 1.29 is 4.79 Å². The van der Waals surface area contributed by atoms with Crippen molar-refractivity contribution in [3.8, 4) is 0 Å². The summed E-state index contributed by atoms with van der Waals surface area (Å²) in [5, 5.41) is 3.40. The predicted molar refractivity (Wildman–Crippen MR) is 87.8 cm³/mol. The highest BCUT2D eigenvalue weighted by atomic mass is 16.2. The lowest BCUT2D eigenvalue weighted by molar-refractivity contribution is -0.131. The van der Waals surface area contributed by atoms with E-state index in [2.05, 4.69) is 36.1 Å². The van der Waals surface area contributed by atoms with Gasteiger partial charge >= 0.3 is 0 Å². The molecule has 0 spiro atoms. The maximum Gasteiger partial charge on any atom is 0.225 e. The molecule has 22 heavy (non-hydrogen) atoms. The Kier molecular flexibility index (Phi) is 3.51. The van der Waals surface area contributed by atoms with Crippen molar-refractivity contribution in [1.82, 2.24) is 14.9 Å². The van der Waals surface area contributed by atoms with E-state index in [1.54, 1.807) is 0 Å². The highest BCUT2D eigenvalue weighted by Crippen LogP contribution is 2.25. The Morgan fingerprint density at radius 1 is 1.18 bits per heavy atom. The minimum absolute atomic E-state index is 0.0842. The van der Waals surface area contributed by atoms with Crippen LogP contribution in [0.1, 0.15) is 32.9 Å². The SMILES string of the molecule is Cc1nc2ccccc2nc1NC1CC(=O)N(C(C)(C)C)C1. The quantitative estimate of drug-likeness (QED) is 0.926. The third-order valence-corrected chi connectivity index (χ3v) is 4.02. The summed E-state index contributed by atoms with van der Waals surface area (Å²) in [6.45, 7) is 8.84. The molecule has 1 atom stereocenters. The number of nitrogens with one attached hydrogen (secondary N) is 1. The number of benzene rings is 1. The molecular formula is C17H22N4O. The lowest BCUT2D eigenvalue weighted by Gasteiger charge is -2.32. The second-order valence-electron chi connectivity index (χ2n) is 6.87. The first kappa shape index (κ1) is 14.8. The molecule has 1 fully saturated rings. The molecule has 0 aliphatic carbocycles. The first-order valence-corrected chi connectivity index (χ1v) is 7.65. The van der Waals surface area contributed by atoms with Crippen LogP contribution in [0.15, 0.2) is 24.3 Å². The Balaban J connectivity index is 1.82. The Bertz CT molecular complexity index is 720. The van der Waals surface area contributed by atoms with E-state index >= 15 is 0 Å². The number of hydrogen-bond donors (Lipinski definition) is 1. The van der Waals surface area contributed by atoms with Crippen LogP contribution in [0.5, 0.6) is 0 Å². The molecule has 1 aliphatic rings. The van der Waals surface area contributed by atoms with Crippen LogP contribution in [0.2, 0.25) is 0 Å².